The van der Waals surface area contributed by atoms with E-state index < -0.39 is 0 Å². The lowest BCUT2D eigenvalue weighted by molar-refractivity contribution is -0.908. The van der Waals surface area contributed by atoms with Gasteiger partial charge < -0.3 is 19.1 Å². The number of nitrogens with one attached hydrogen (secondary N) is 1. The minimum Gasteiger partial charge on any atom is -0.370 e. The number of hydrogen-bond donors (Lipinski definition) is 1. The molecule has 0 spiro atoms. The van der Waals surface area contributed by atoms with E-state index in [0.717, 1.165) is 51.0 Å². The van der Waals surface area contributed by atoms with Gasteiger partial charge in [0.15, 0.2) is 11.2 Å². The maximum atomic E-state index is 13.5. The standard InChI is InChI=1S/C22H28N6O3/c1-16-14-27(17-6-4-3-5-7-17)21-23-19-18(28(21)15-16)20(29)26(22(30)24(19)2)9-8-25-10-12-31-13-11-25/h3-7,16H,8-15H2,1-2H3/p+1/t16-/m1/s1. The third-order valence-corrected chi connectivity index (χ3v) is 6.40. The minimum absolute atomic E-state index is 0.244. The fraction of sp³-hybridized carbons (Fsp3) is 0.500. The van der Waals surface area contributed by atoms with Crippen LogP contribution in [0.3, 0.4) is 0 Å². The van der Waals surface area contributed by atoms with Crippen LogP contribution in [0.4, 0.5) is 11.6 Å². The zero-order chi connectivity index (χ0) is 21.5. The lowest BCUT2D eigenvalue weighted by Crippen LogP contribution is -3.14. The van der Waals surface area contributed by atoms with Crippen LogP contribution in [0.25, 0.3) is 11.2 Å². The van der Waals surface area contributed by atoms with Gasteiger partial charge in [-0.25, -0.2) is 4.79 Å². The zero-order valence-corrected chi connectivity index (χ0v) is 18.1. The predicted octanol–water partition coefficient (Wildman–Crippen LogP) is -0.400. The minimum atomic E-state index is -0.306. The Morgan fingerprint density at radius 2 is 1.87 bits per heavy atom. The summed E-state index contributed by atoms with van der Waals surface area (Å²) < 4.78 is 10.3. The Morgan fingerprint density at radius 3 is 2.61 bits per heavy atom. The van der Waals surface area contributed by atoms with Crippen molar-refractivity contribution in [2.24, 2.45) is 13.0 Å². The van der Waals surface area contributed by atoms with Gasteiger partial charge in [0.05, 0.1) is 26.3 Å². The molecule has 9 heteroatoms. The second kappa shape index (κ2) is 7.97. The van der Waals surface area contributed by atoms with Crippen LogP contribution >= 0.6 is 0 Å². The number of aromatic nitrogens is 4. The number of hydrogen-bond acceptors (Lipinski definition) is 5. The van der Waals surface area contributed by atoms with Gasteiger partial charge in [0, 0.05) is 25.8 Å². The summed E-state index contributed by atoms with van der Waals surface area (Å²) in [5.41, 5.74) is 1.45. The van der Waals surface area contributed by atoms with E-state index in [1.165, 1.54) is 14.0 Å². The average molecular weight is 426 g/mol. The van der Waals surface area contributed by atoms with Crippen molar-refractivity contribution >= 4 is 22.8 Å². The molecule has 0 unspecified atom stereocenters. The molecule has 9 nitrogen and oxygen atoms in total. The third kappa shape index (κ3) is 3.47. The molecule has 2 aliphatic heterocycles. The van der Waals surface area contributed by atoms with Crippen LogP contribution in [0.1, 0.15) is 6.92 Å². The Hall–Kier alpha value is -2.91. The molecule has 1 aromatic carbocycles. The number of aryl methyl sites for hydroxylation is 1. The first-order chi connectivity index (χ1) is 15.0. The summed E-state index contributed by atoms with van der Waals surface area (Å²) in [7, 11) is 1.71. The molecule has 1 atom stereocenters. The fourth-order valence-corrected chi connectivity index (χ4v) is 4.71. The number of para-hydroxylation sites is 1. The molecule has 5 rings (SSSR count). The van der Waals surface area contributed by atoms with Gasteiger partial charge in [0.2, 0.25) is 5.95 Å². The average Bonchev–Trinajstić information content (AvgIpc) is 3.18. The highest BCUT2D eigenvalue weighted by molar-refractivity contribution is 5.77. The lowest BCUT2D eigenvalue weighted by atomic mass is 10.1. The highest BCUT2D eigenvalue weighted by Crippen LogP contribution is 2.32. The van der Waals surface area contributed by atoms with E-state index in [-0.39, 0.29) is 11.2 Å². The maximum absolute atomic E-state index is 13.5. The summed E-state index contributed by atoms with van der Waals surface area (Å²) in [4.78, 5) is 34.8. The molecule has 4 heterocycles. The van der Waals surface area contributed by atoms with Crippen molar-refractivity contribution < 1.29 is 9.64 Å². The molecule has 164 valence electrons. The molecule has 0 bridgehead atoms. The van der Waals surface area contributed by atoms with E-state index in [2.05, 4.69) is 11.8 Å². The maximum Gasteiger partial charge on any atom is 0.332 e. The Bertz CT molecular complexity index is 1210. The van der Waals surface area contributed by atoms with Gasteiger partial charge in [0.1, 0.15) is 13.1 Å². The van der Waals surface area contributed by atoms with Crippen molar-refractivity contribution in [2.45, 2.75) is 20.0 Å². The molecule has 0 amide bonds. The van der Waals surface area contributed by atoms with Crippen LogP contribution in [0.2, 0.25) is 0 Å². The van der Waals surface area contributed by atoms with Crippen molar-refractivity contribution in [1.29, 1.82) is 0 Å². The van der Waals surface area contributed by atoms with Gasteiger partial charge in [-0.2, -0.15) is 4.98 Å². The number of rotatable bonds is 4. The van der Waals surface area contributed by atoms with Crippen LogP contribution in [0, 0.1) is 5.92 Å². The Kier molecular flexibility index (Phi) is 5.15. The van der Waals surface area contributed by atoms with Crippen molar-refractivity contribution in [1.82, 2.24) is 18.7 Å². The van der Waals surface area contributed by atoms with Gasteiger partial charge in [-0.3, -0.25) is 13.9 Å². The number of nitrogens with zero attached hydrogens (tertiary/aromatic N) is 5. The molecular weight excluding hydrogens is 396 g/mol. The molecule has 0 aliphatic carbocycles. The van der Waals surface area contributed by atoms with E-state index in [1.807, 2.05) is 34.9 Å². The molecule has 0 radical (unpaired) electrons. The number of anilines is 2. The molecule has 1 fully saturated rings. The predicted molar refractivity (Wildman–Crippen MR) is 118 cm³/mol. The van der Waals surface area contributed by atoms with E-state index in [4.69, 9.17) is 9.72 Å². The van der Waals surface area contributed by atoms with Crippen LogP contribution in [0.5, 0.6) is 0 Å². The molecule has 2 aromatic heterocycles. The lowest BCUT2D eigenvalue weighted by Gasteiger charge is -2.32. The summed E-state index contributed by atoms with van der Waals surface area (Å²) >= 11 is 0. The number of imidazole rings is 1. The largest absolute Gasteiger partial charge is 0.370 e. The third-order valence-electron chi connectivity index (χ3n) is 6.40. The summed E-state index contributed by atoms with van der Waals surface area (Å²) in [6.45, 7) is 8.09. The first kappa shape index (κ1) is 20.0. The summed E-state index contributed by atoms with van der Waals surface area (Å²) in [5.74, 6) is 1.07. The molecule has 3 aromatic rings. The van der Waals surface area contributed by atoms with Gasteiger partial charge >= 0.3 is 5.69 Å². The van der Waals surface area contributed by atoms with Crippen LogP contribution in [-0.2, 0) is 24.9 Å². The van der Waals surface area contributed by atoms with E-state index in [9.17, 15) is 9.59 Å². The van der Waals surface area contributed by atoms with Gasteiger partial charge in [0.25, 0.3) is 5.56 Å². The van der Waals surface area contributed by atoms with E-state index in [0.29, 0.717) is 30.2 Å². The molecule has 2 aliphatic rings. The zero-order valence-electron chi connectivity index (χ0n) is 18.1. The second-order valence-corrected chi connectivity index (χ2v) is 8.66. The van der Waals surface area contributed by atoms with E-state index >= 15 is 0 Å². The topological polar surface area (TPSA) is 78.7 Å². The number of morpholine rings is 1. The Morgan fingerprint density at radius 1 is 1.13 bits per heavy atom. The van der Waals surface area contributed by atoms with Crippen molar-refractivity contribution in [2.75, 3.05) is 44.3 Å². The molecular formula is C22H29N6O3+. The first-order valence-electron chi connectivity index (χ1n) is 11.0. The quantitative estimate of drug-likeness (QED) is 0.616. The van der Waals surface area contributed by atoms with Crippen LogP contribution in [0.15, 0.2) is 39.9 Å². The smallest absolute Gasteiger partial charge is 0.332 e. The number of quaternary nitrogens is 1. The van der Waals surface area contributed by atoms with Crippen molar-refractivity contribution in [3.8, 4) is 0 Å². The molecule has 1 saturated heterocycles. The van der Waals surface area contributed by atoms with E-state index in [1.54, 1.807) is 7.05 Å². The molecule has 31 heavy (non-hydrogen) atoms. The summed E-state index contributed by atoms with van der Waals surface area (Å²) in [5, 5.41) is 0. The van der Waals surface area contributed by atoms with Gasteiger partial charge in [-0.15, -0.1) is 0 Å². The Labute approximate surface area is 180 Å². The molecule has 0 saturated carbocycles. The summed E-state index contributed by atoms with van der Waals surface area (Å²) in [6.07, 6.45) is 0. The van der Waals surface area contributed by atoms with Gasteiger partial charge in [-0.05, 0) is 18.1 Å². The number of ether oxygens (including phenoxy) is 1. The van der Waals surface area contributed by atoms with Crippen molar-refractivity contribution in [3.63, 3.8) is 0 Å². The monoisotopic (exact) mass is 425 g/mol. The van der Waals surface area contributed by atoms with Crippen LogP contribution in [-0.4, -0.2) is 58.1 Å². The van der Waals surface area contributed by atoms with Crippen molar-refractivity contribution in [3.05, 3.63) is 51.2 Å². The SMILES string of the molecule is C[C@@H]1CN(c2ccccc2)c2nc3c(c(=O)n(CC[NH+]4CCOCC4)c(=O)n3C)n2C1. The summed E-state index contributed by atoms with van der Waals surface area (Å²) in [6, 6.07) is 10.1. The number of fused-ring (bicyclic) bond motifs is 3. The first-order valence-corrected chi connectivity index (χ1v) is 11.0. The highest BCUT2D eigenvalue weighted by Gasteiger charge is 2.30. The second-order valence-electron chi connectivity index (χ2n) is 8.66. The molecule has 1 N–H and O–H groups in total. The normalized spacial score (nSPS) is 19.7. The van der Waals surface area contributed by atoms with Gasteiger partial charge in [-0.1, -0.05) is 25.1 Å². The Balaban J connectivity index is 1.61. The van der Waals surface area contributed by atoms with Crippen LogP contribution < -0.4 is 21.0 Å². The fourth-order valence-electron chi connectivity index (χ4n) is 4.71. The number of benzene rings is 1. The highest BCUT2D eigenvalue weighted by atomic mass is 16.5.